The van der Waals surface area contributed by atoms with E-state index in [1.807, 2.05) is 23.8 Å². The van der Waals surface area contributed by atoms with Gasteiger partial charge in [-0.15, -0.1) is 0 Å². The van der Waals surface area contributed by atoms with Crippen LogP contribution in [0, 0.1) is 0 Å². The van der Waals surface area contributed by atoms with Crippen molar-refractivity contribution in [2.24, 2.45) is 0 Å². The predicted molar refractivity (Wildman–Crippen MR) is 76.9 cm³/mol. The van der Waals surface area contributed by atoms with E-state index in [0.717, 1.165) is 5.56 Å². The average Bonchev–Trinajstić information content (AvgIpc) is 3.00. The molecule has 1 aliphatic heterocycles. The normalized spacial score (nSPS) is 26.1. The molecule has 0 amide bonds. The lowest BCUT2D eigenvalue weighted by atomic mass is 10.1. The van der Waals surface area contributed by atoms with Crippen LogP contribution in [0.2, 0.25) is 10.0 Å². The summed E-state index contributed by atoms with van der Waals surface area (Å²) in [6.07, 6.45) is 5.36. The zero-order chi connectivity index (χ0) is 14.2. The summed E-state index contributed by atoms with van der Waals surface area (Å²) in [4.78, 5) is 4.01. The first-order valence-electron chi connectivity index (χ1n) is 6.30. The maximum atomic E-state index is 6.23. The van der Waals surface area contributed by atoms with Gasteiger partial charge in [-0.1, -0.05) is 29.3 Å². The van der Waals surface area contributed by atoms with Crippen LogP contribution in [0.3, 0.4) is 0 Å². The van der Waals surface area contributed by atoms with Gasteiger partial charge in [0, 0.05) is 23.0 Å². The first-order valence-corrected chi connectivity index (χ1v) is 7.05. The zero-order valence-corrected chi connectivity index (χ0v) is 12.4. The molecule has 4 nitrogen and oxygen atoms in total. The Balaban J connectivity index is 1.77. The number of rotatable bonds is 3. The van der Waals surface area contributed by atoms with Crippen LogP contribution >= 0.6 is 23.2 Å². The van der Waals surface area contributed by atoms with Gasteiger partial charge in [-0.25, -0.2) is 4.98 Å². The van der Waals surface area contributed by atoms with Crippen molar-refractivity contribution in [3.8, 4) is 0 Å². The minimum atomic E-state index is -0.840. The lowest BCUT2D eigenvalue weighted by Crippen LogP contribution is -2.25. The van der Waals surface area contributed by atoms with Crippen LogP contribution in [0.5, 0.6) is 0 Å². The summed E-state index contributed by atoms with van der Waals surface area (Å²) < 4.78 is 13.8. The summed E-state index contributed by atoms with van der Waals surface area (Å²) in [7, 11) is 0. The van der Waals surface area contributed by atoms with Gasteiger partial charge < -0.3 is 14.0 Å². The lowest BCUT2D eigenvalue weighted by molar-refractivity contribution is -0.162. The maximum Gasteiger partial charge on any atom is 0.193 e. The first-order chi connectivity index (χ1) is 9.57. The van der Waals surface area contributed by atoms with Gasteiger partial charge in [0.25, 0.3) is 0 Å². The second-order valence-electron chi connectivity index (χ2n) is 4.88. The quantitative estimate of drug-likeness (QED) is 0.870. The van der Waals surface area contributed by atoms with Crippen molar-refractivity contribution < 1.29 is 9.47 Å². The molecule has 0 saturated carbocycles. The standard InChI is InChI=1S/C14H14Cl2N2O2/c1-14(12-3-2-10(15)6-13(12)16)19-8-11(20-14)7-18-5-4-17-9-18/h2-6,9,11H,7-8H2,1H3/t11-,14+/m1/s1. The van der Waals surface area contributed by atoms with E-state index in [1.165, 1.54) is 0 Å². The molecule has 1 aromatic heterocycles. The van der Waals surface area contributed by atoms with Crippen LogP contribution in [0.4, 0.5) is 0 Å². The van der Waals surface area contributed by atoms with E-state index in [-0.39, 0.29) is 6.10 Å². The van der Waals surface area contributed by atoms with Crippen molar-refractivity contribution in [3.05, 3.63) is 52.5 Å². The molecule has 2 aromatic rings. The number of imidazole rings is 1. The summed E-state index contributed by atoms with van der Waals surface area (Å²) in [6, 6.07) is 5.31. The van der Waals surface area contributed by atoms with Crippen LogP contribution in [0.15, 0.2) is 36.9 Å². The van der Waals surface area contributed by atoms with Crippen LogP contribution in [-0.4, -0.2) is 22.3 Å². The third-order valence-corrected chi connectivity index (χ3v) is 3.88. The Hall–Kier alpha value is -1.07. The highest BCUT2D eigenvalue weighted by Gasteiger charge is 2.40. The number of hydrogen-bond donors (Lipinski definition) is 0. The van der Waals surface area contributed by atoms with Crippen molar-refractivity contribution >= 4 is 23.2 Å². The molecule has 0 N–H and O–H groups in total. The molecule has 3 rings (SSSR count). The van der Waals surface area contributed by atoms with Crippen LogP contribution in [-0.2, 0) is 21.8 Å². The largest absolute Gasteiger partial charge is 0.343 e. The van der Waals surface area contributed by atoms with E-state index in [4.69, 9.17) is 32.7 Å². The Bertz CT molecular complexity index is 603. The van der Waals surface area contributed by atoms with Gasteiger partial charge in [0.2, 0.25) is 0 Å². The molecule has 106 valence electrons. The average molecular weight is 313 g/mol. The Morgan fingerprint density at radius 3 is 3.00 bits per heavy atom. The topological polar surface area (TPSA) is 36.3 Å². The number of aromatic nitrogens is 2. The monoisotopic (exact) mass is 312 g/mol. The fourth-order valence-corrected chi connectivity index (χ4v) is 2.94. The van der Waals surface area contributed by atoms with Gasteiger partial charge in [0.1, 0.15) is 6.10 Å². The summed E-state index contributed by atoms with van der Waals surface area (Å²) in [6.45, 7) is 3.07. The highest BCUT2D eigenvalue weighted by atomic mass is 35.5. The third kappa shape index (κ3) is 2.69. The summed E-state index contributed by atoms with van der Waals surface area (Å²) in [5.74, 6) is -0.840. The number of ether oxygens (including phenoxy) is 2. The molecule has 2 heterocycles. The zero-order valence-electron chi connectivity index (χ0n) is 10.9. The molecular weight excluding hydrogens is 299 g/mol. The fourth-order valence-electron chi connectivity index (χ4n) is 2.36. The van der Waals surface area contributed by atoms with Gasteiger partial charge in [0.15, 0.2) is 5.79 Å². The van der Waals surface area contributed by atoms with Gasteiger partial charge >= 0.3 is 0 Å². The molecule has 0 unspecified atom stereocenters. The van der Waals surface area contributed by atoms with Crippen molar-refractivity contribution in [3.63, 3.8) is 0 Å². The van der Waals surface area contributed by atoms with Crippen LogP contribution < -0.4 is 0 Å². The van der Waals surface area contributed by atoms with Crippen molar-refractivity contribution in [2.75, 3.05) is 6.61 Å². The highest BCUT2D eigenvalue weighted by molar-refractivity contribution is 6.35. The van der Waals surface area contributed by atoms with E-state index >= 15 is 0 Å². The SMILES string of the molecule is C[C@]1(c2ccc(Cl)cc2Cl)OC[C@@H](Cn2ccnc2)O1. The fraction of sp³-hybridized carbons (Fsp3) is 0.357. The van der Waals surface area contributed by atoms with Crippen molar-refractivity contribution in [1.82, 2.24) is 9.55 Å². The molecule has 0 radical (unpaired) electrons. The molecule has 2 atom stereocenters. The predicted octanol–water partition coefficient (Wildman–Crippen LogP) is 3.48. The molecule has 1 aromatic carbocycles. The summed E-state index contributed by atoms with van der Waals surface area (Å²) in [5, 5.41) is 1.14. The second-order valence-corrected chi connectivity index (χ2v) is 5.72. The van der Waals surface area contributed by atoms with E-state index in [0.29, 0.717) is 23.2 Å². The van der Waals surface area contributed by atoms with Crippen molar-refractivity contribution in [2.45, 2.75) is 25.4 Å². The minimum absolute atomic E-state index is 0.0408. The molecule has 0 bridgehead atoms. The highest BCUT2D eigenvalue weighted by Crippen LogP contribution is 2.38. The van der Waals surface area contributed by atoms with E-state index < -0.39 is 5.79 Å². The van der Waals surface area contributed by atoms with E-state index in [2.05, 4.69) is 4.98 Å². The molecule has 1 aliphatic rings. The lowest BCUT2D eigenvalue weighted by Gasteiger charge is -2.25. The van der Waals surface area contributed by atoms with Gasteiger partial charge in [-0.2, -0.15) is 0 Å². The molecule has 20 heavy (non-hydrogen) atoms. The first kappa shape index (κ1) is 13.9. The van der Waals surface area contributed by atoms with Crippen molar-refractivity contribution in [1.29, 1.82) is 0 Å². The molecular formula is C14H14Cl2N2O2. The van der Waals surface area contributed by atoms with Crippen LogP contribution in [0.1, 0.15) is 12.5 Å². The minimum Gasteiger partial charge on any atom is -0.343 e. The Kier molecular flexibility index (Phi) is 3.73. The third-order valence-electron chi connectivity index (χ3n) is 3.33. The maximum absolute atomic E-state index is 6.23. The molecule has 1 fully saturated rings. The summed E-state index contributed by atoms with van der Waals surface area (Å²) in [5.41, 5.74) is 0.789. The molecule has 0 spiro atoms. The Labute approximate surface area is 127 Å². The smallest absolute Gasteiger partial charge is 0.193 e. The number of benzene rings is 1. The number of hydrogen-bond acceptors (Lipinski definition) is 3. The Morgan fingerprint density at radius 2 is 2.30 bits per heavy atom. The van der Waals surface area contributed by atoms with Gasteiger partial charge in [-0.3, -0.25) is 0 Å². The molecule has 1 saturated heterocycles. The second kappa shape index (κ2) is 5.37. The van der Waals surface area contributed by atoms with Gasteiger partial charge in [0.05, 0.1) is 24.5 Å². The molecule has 6 heteroatoms. The van der Waals surface area contributed by atoms with E-state index in [1.54, 1.807) is 24.7 Å². The van der Waals surface area contributed by atoms with Crippen LogP contribution in [0.25, 0.3) is 0 Å². The molecule has 0 aliphatic carbocycles. The van der Waals surface area contributed by atoms with E-state index in [9.17, 15) is 0 Å². The number of nitrogens with zero attached hydrogens (tertiary/aromatic N) is 2. The van der Waals surface area contributed by atoms with Gasteiger partial charge in [-0.05, 0) is 19.1 Å². The Morgan fingerprint density at radius 1 is 1.45 bits per heavy atom. The number of halogens is 2. The summed E-state index contributed by atoms with van der Waals surface area (Å²) >= 11 is 12.1.